The molecule has 2 aliphatic heterocycles. The monoisotopic (exact) mass is 540 g/mol. The number of piperidine rings is 2. The first-order valence-corrected chi connectivity index (χ1v) is 17.3. The van der Waals surface area contributed by atoms with Gasteiger partial charge in [-0.15, -0.1) is 10.4 Å². The molecule has 4 rings (SSSR count). The summed E-state index contributed by atoms with van der Waals surface area (Å²) in [5.74, 6) is 0. The molecule has 2 saturated heterocycles. The molecule has 2 heterocycles. The largest absolute Gasteiger partial charge is 4.00 e. The fourth-order valence-corrected chi connectivity index (χ4v) is 10.4. The molecule has 0 N–H and O–H groups in total. The fraction of sp³-hybridized carbons (Fsp3) is 0.583. The molecule has 0 atom stereocenters. The van der Waals surface area contributed by atoms with Gasteiger partial charge in [0.2, 0.25) is 0 Å². The van der Waals surface area contributed by atoms with Crippen LogP contribution in [0, 0.1) is 0 Å². The van der Waals surface area contributed by atoms with Crippen LogP contribution in [0.5, 0.6) is 0 Å². The van der Waals surface area contributed by atoms with E-state index in [4.69, 9.17) is 0 Å². The summed E-state index contributed by atoms with van der Waals surface area (Å²) in [6, 6.07) is 17.9. The smallest absolute Gasteiger partial charge is 1.00 e. The fourth-order valence-electron chi connectivity index (χ4n) is 4.83. The van der Waals surface area contributed by atoms with Crippen molar-refractivity contribution >= 4 is 26.8 Å². The summed E-state index contributed by atoms with van der Waals surface area (Å²) in [5, 5.41) is 3.19. The standard InChI is InChI=1S/2C12H20NSi.2FH.Zr/c2*1-14(2,12-8-4-5-9-12)13-10-6-3-7-11-13;;;/h2*4-5,8-9H,3,6-7,10-11H2,1-2H3;2*1H;/q2*-1;;;+4/p-2. The van der Waals surface area contributed by atoms with Gasteiger partial charge in [-0.05, 0) is 51.9 Å². The van der Waals surface area contributed by atoms with E-state index in [-0.39, 0.29) is 35.6 Å². The van der Waals surface area contributed by atoms with Crippen LogP contribution in [0.15, 0.2) is 48.5 Å². The van der Waals surface area contributed by atoms with Crippen LogP contribution in [0.25, 0.3) is 0 Å². The summed E-state index contributed by atoms with van der Waals surface area (Å²) >= 11 is 0. The Hall–Kier alpha value is -0.203. The maximum absolute atomic E-state index is 2.76. The van der Waals surface area contributed by atoms with Crippen LogP contribution in [0.2, 0.25) is 26.2 Å². The molecular weight excluding hydrogens is 502 g/mol. The number of hydrogen-bond acceptors (Lipinski definition) is 2. The van der Waals surface area contributed by atoms with Gasteiger partial charge in [0.25, 0.3) is 0 Å². The van der Waals surface area contributed by atoms with Gasteiger partial charge in [-0.3, -0.25) is 0 Å². The number of hydrogen-bond donors (Lipinski definition) is 0. The van der Waals surface area contributed by atoms with E-state index in [2.05, 4.69) is 83.8 Å². The van der Waals surface area contributed by atoms with Gasteiger partial charge >= 0.3 is 26.2 Å². The quantitative estimate of drug-likeness (QED) is 0.348. The predicted molar refractivity (Wildman–Crippen MR) is 129 cm³/mol. The summed E-state index contributed by atoms with van der Waals surface area (Å²) < 4.78 is 5.51. The van der Waals surface area contributed by atoms with Crippen molar-refractivity contribution in [1.82, 2.24) is 9.13 Å². The molecule has 2 aliphatic rings. The molecule has 0 bridgehead atoms. The first-order valence-electron chi connectivity index (χ1n) is 11.4. The minimum atomic E-state index is -1.29. The maximum Gasteiger partial charge on any atom is 4.00 e. The normalized spacial score (nSPS) is 17.9. The zero-order chi connectivity index (χ0) is 20.0. The minimum absolute atomic E-state index is 0. The van der Waals surface area contributed by atoms with Crippen LogP contribution in [0.1, 0.15) is 38.5 Å². The molecule has 2 aromatic rings. The molecule has 0 amide bonds. The third-order valence-electron chi connectivity index (χ3n) is 7.03. The zero-order valence-corrected chi connectivity index (χ0v) is 24.3. The van der Waals surface area contributed by atoms with E-state index in [1.165, 1.54) is 64.7 Å². The summed E-state index contributed by atoms with van der Waals surface area (Å²) in [7, 11) is -2.59. The van der Waals surface area contributed by atoms with Crippen molar-refractivity contribution in [3.05, 3.63) is 48.5 Å². The van der Waals surface area contributed by atoms with Crippen LogP contribution in [0.4, 0.5) is 0 Å². The second kappa shape index (κ2) is 14.1. The molecule has 2 nitrogen and oxygen atoms in total. The Labute approximate surface area is 210 Å². The summed E-state index contributed by atoms with van der Waals surface area (Å²) in [4.78, 5) is 0. The van der Waals surface area contributed by atoms with E-state index in [1.807, 2.05) is 0 Å². The maximum atomic E-state index is 2.76. The molecule has 0 radical (unpaired) electrons. The van der Waals surface area contributed by atoms with Crippen molar-refractivity contribution in [1.29, 1.82) is 0 Å². The van der Waals surface area contributed by atoms with E-state index < -0.39 is 16.5 Å². The van der Waals surface area contributed by atoms with Gasteiger partial charge in [0.15, 0.2) is 0 Å². The number of halogens is 2. The van der Waals surface area contributed by atoms with Crippen molar-refractivity contribution in [2.24, 2.45) is 0 Å². The second-order valence-corrected chi connectivity index (χ2v) is 18.2. The van der Waals surface area contributed by atoms with Gasteiger partial charge in [-0.1, -0.05) is 39.0 Å². The van der Waals surface area contributed by atoms with Gasteiger partial charge in [0.05, 0.1) is 16.5 Å². The van der Waals surface area contributed by atoms with Crippen molar-refractivity contribution < 1.29 is 35.6 Å². The summed E-state index contributed by atoms with van der Waals surface area (Å²) in [6.07, 6.45) is 8.46. The van der Waals surface area contributed by atoms with Gasteiger partial charge in [-0.25, -0.2) is 24.3 Å². The Morgan fingerprint density at radius 3 is 1.03 bits per heavy atom. The van der Waals surface area contributed by atoms with Crippen molar-refractivity contribution in [2.75, 3.05) is 26.2 Å². The molecule has 0 aliphatic carbocycles. The molecule has 2 aromatic carbocycles. The van der Waals surface area contributed by atoms with Gasteiger partial charge < -0.3 is 18.5 Å². The molecular formula is C24H40F2N2Si2Zr. The van der Waals surface area contributed by atoms with Crippen LogP contribution in [0.3, 0.4) is 0 Å². The summed E-state index contributed by atoms with van der Waals surface area (Å²) in [5.41, 5.74) is 0. The Bertz CT molecular complexity index is 618. The topological polar surface area (TPSA) is 6.48 Å². The first-order chi connectivity index (χ1) is 13.4. The molecule has 0 saturated carbocycles. The van der Waals surface area contributed by atoms with Crippen molar-refractivity contribution in [2.45, 2.75) is 64.7 Å². The Morgan fingerprint density at radius 1 is 0.516 bits per heavy atom. The molecule has 172 valence electrons. The third kappa shape index (κ3) is 7.96. The van der Waals surface area contributed by atoms with Crippen LogP contribution < -0.4 is 19.8 Å². The molecule has 2 fully saturated rings. The van der Waals surface area contributed by atoms with E-state index >= 15 is 0 Å². The second-order valence-electron chi connectivity index (χ2n) is 9.56. The van der Waals surface area contributed by atoms with Crippen molar-refractivity contribution in [3.8, 4) is 0 Å². The first kappa shape index (κ1) is 30.8. The van der Waals surface area contributed by atoms with E-state index in [0.717, 1.165) is 0 Å². The van der Waals surface area contributed by atoms with Gasteiger partial charge in [0.1, 0.15) is 0 Å². The Morgan fingerprint density at radius 2 is 0.774 bits per heavy atom. The summed E-state index contributed by atoms with van der Waals surface area (Å²) in [6.45, 7) is 15.2. The molecule has 0 aromatic heterocycles. The van der Waals surface area contributed by atoms with Crippen LogP contribution >= 0.6 is 0 Å². The molecule has 0 unspecified atom stereocenters. The Balaban J connectivity index is 0.000000529. The van der Waals surface area contributed by atoms with Gasteiger partial charge in [0, 0.05) is 0 Å². The van der Waals surface area contributed by atoms with Crippen molar-refractivity contribution in [3.63, 3.8) is 0 Å². The minimum Gasteiger partial charge on any atom is -1.00 e. The average Bonchev–Trinajstić information content (AvgIpc) is 3.44. The van der Waals surface area contributed by atoms with Crippen LogP contribution in [-0.2, 0) is 26.2 Å². The third-order valence-corrected chi connectivity index (χ3v) is 14.6. The van der Waals surface area contributed by atoms with Gasteiger partial charge in [-0.2, -0.15) is 24.3 Å². The van der Waals surface area contributed by atoms with Crippen LogP contribution in [-0.4, -0.2) is 51.8 Å². The average molecular weight is 542 g/mol. The Kier molecular flexibility index (Phi) is 14.1. The zero-order valence-electron chi connectivity index (χ0n) is 19.8. The molecule has 0 spiro atoms. The van der Waals surface area contributed by atoms with E-state index in [0.29, 0.717) is 0 Å². The number of nitrogens with zero attached hydrogens (tertiary/aromatic N) is 2. The predicted octanol–water partition coefficient (Wildman–Crippen LogP) is -1.39. The van der Waals surface area contributed by atoms with E-state index in [1.54, 1.807) is 10.4 Å². The molecule has 31 heavy (non-hydrogen) atoms. The molecule has 7 heteroatoms. The SMILES string of the molecule is C[Si](C)([c-]1cccc1)N1CCCCC1.C[Si](C)([c-]1cccc1)N1CCCCC1.[F-].[F-].[Zr+4]. The number of rotatable bonds is 4. The van der Waals surface area contributed by atoms with E-state index in [9.17, 15) is 0 Å².